The summed E-state index contributed by atoms with van der Waals surface area (Å²) in [7, 11) is 0. The molecule has 0 fully saturated rings. The van der Waals surface area contributed by atoms with Crippen LogP contribution in [0.3, 0.4) is 0 Å². The van der Waals surface area contributed by atoms with E-state index in [1.807, 2.05) is 0 Å². The van der Waals surface area contributed by atoms with Gasteiger partial charge in [-0.15, -0.1) is 11.3 Å². The zero-order valence-corrected chi connectivity index (χ0v) is 15.3. The van der Waals surface area contributed by atoms with Crippen LogP contribution in [0.5, 0.6) is 0 Å². The SMILES string of the molecule is O=C(Cl)N(c1cccc(C(F)(F)F)c1)c1nc(-c2cccc([N+](=O)[O-])c2)cs1. The molecule has 11 heteroatoms. The number of benzene rings is 2. The summed E-state index contributed by atoms with van der Waals surface area (Å²) in [5.74, 6) is 0. The minimum absolute atomic E-state index is 0.0285. The van der Waals surface area contributed by atoms with Crippen molar-refractivity contribution in [2.45, 2.75) is 6.18 Å². The number of halogens is 4. The van der Waals surface area contributed by atoms with Crippen molar-refractivity contribution in [3.05, 3.63) is 69.6 Å². The third-order valence-electron chi connectivity index (χ3n) is 3.64. The quantitative estimate of drug-likeness (QED) is 0.214. The zero-order chi connectivity index (χ0) is 20.5. The molecule has 28 heavy (non-hydrogen) atoms. The van der Waals surface area contributed by atoms with Crippen LogP contribution >= 0.6 is 22.9 Å². The third-order valence-corrected chi connectivity index (χ3v) is 4.64. The molecule has 3 rings (SSSR count). The molecule has 144 valence electrons. The summed E-state index contributed by atoms with van der Waals surface area (Å²) in [5, 5.41) is 11.4. The molecule has 0 saturated heterocycles. The van der Waals surface area contributed by atoms with Gasteiger partial charge in [0.25, 0.3) is 5.69 Å². The molecule has 0 aliphatic rings. The normalized spacial score (nSPS) is 11.3. The van der Waals surface area contributed by atoms with Crippen LogP contribution in [0.15, 0.2) is 53.9 Å². The number of alkyl halides is 3. The van der Waals surface area contributed by atoms with E-state index in [2.05, 4.69) is 4.98 Å². The van der Waals surface area contributed by atoms with Crippen LogP contribution in [0.2, 0.25) is 0 Å². The lowest BCUT2D eigenvalue weighted by atomic mass is 10.1. The van der Waals surface area contributed by atoms with Gasteiger partial charge in [-0.2, -0.15) is 13.2 Å². The number of hydrogen-bond acceptors (Lipinski definition) is 5. The lowest BCUT2D eigenvalue weighted by Gasteiger charge is -2.18. The summed E-state index contributed by atoms with van der Waals surface area (Å²) in [6, 6.07) is 9.78. The standard InChI is InChI=1S/C17H9ClF3N3O3S/c18-15(25)23(12-5-2-4-11(8-12)17(19,20)21)16-22-14(9-28-16)10-3-1-6-13(7-10)24(26)27/h1-9H. The highest BCUT2D eigenvalue weighted by molar-refractivity contribution is 7.14. The number of nitrogens with zero attached hydrogens (tertiary/aromatic N) is 3. The monoisotopic (exact) mass is 427 g/mol. The number of non-ortho nitro benzene ring substituents is 1. The highest BCUT2D eigenvalue weighted by Gasteiger charge is 2.31. The fraction of sp³-hybridized carbons (Fsp3) is 0.0588. The molecule has 1 heterocycles. The Bertz CT molecular complexity index is 1060. The second-order valence-electron chi connectivity index (χ2n) is 5.46. The number of aromatic nitrogens is 1. The Hall–Kier alpha value is -2.98. The Morgan fingerprint density at radius 3 is 2.54 bits per heavy atom. The summed E-state index contributed by atoms with van der Waals surface area (Å²) in [5.41, 5.74) is -0.449. The molecule has 3 aromatic rings. The number of rotatable bonds is 4. The molecular formula is C17H9ClF3N3O3S. The average Bonchev–Trinajstić information content (AvgIpc) is 3.11. The predicted octanol–water partition coefficient (Wildman–Crippen LogP) is 6.23. The van der Waals surface area contributed by atoms with Crippen molar-refractivity contribution in [2.75, 3.05) is 4.90 Å². The molecule has 0 radical (unpaired) electrons. The smallest absolute Gasteiger partial charge is 0.258 e. The van der Waals surface area contributed by atoms with Gasteiger partial charge in [-0.05, 0) is 29.8 Å². The Morgan fingerprint density at radius 1 is 1.18 bits per heavy atom. The summed E-state index contributed by atoms with van der Waals surface area (Å²) >= 11 is 6.55. The molecule has 0 aliphatic carbocycles. The number of nitro groups is 1. The Balaban J connectivity index is 2.01. The van der Waals surface area contributed by atoms with Crippen LogP contribution in [-0.2, 0) is 6.18 Å². The second-order valence-corrected chi connectivity index (χ2v) is 6.62. The van der Waals surface area contributed by atoms with Gasteiger partial charge in [0.15, 0.2) is 5.13 Å². The fourth-order valence-corrected chi connectivity index (χ4v) is 3.47. The lowest BCUT2D eigenvalue weighted by Crippen LogP contribution is -2.20. The molecule has 0 aliphatic heterocycles. The highest BCUT2D eigenvalue weighted by Crippen LogP contribution is 2.37. The van der Waals surface area contributed by atoms with E-state index in [1.165, 1.54) is 29.6 Å². The van der Waals surface area contributed by atoms with Crippen LogP contribution < -0.4 is 4.90 Å². The second kappa shape index (κ2) is 7.56. The molecule has 0 N–H and O–H groups in total. The minimum Gasteiger partial charge on any atom is -0.258 e. The summed E-state index contributed by atoms with van der Waals surface area (Å²) < 4.78 is 38.9. The van der Waals surface area contributed by atoms with Crippen molar-refractivity contribution in [2.24, 2.45) is 0 Å². The zero-order valence-electron chi connectivity index (χ0n) is 13.7. The maximum atomic E-state index is 13.0. The minimum atomic E-state index is -4.59. The van der Waals surface area contributed by atoms with Crippen molar-refractivity contribution in [3.63, 3.8) is 0 Å². The molecule has 1 aromatic heterocycles. The molecule has 0 unspecified atom stereocenters. The van der Waals surface area contributed by atoms with Crippen LogP contribution in [0.1, 0.15) is 5.56 Å². The summed E-state index contributed by atoms with van der Waals surface area (Å²) in [6.45, 7) is 0. The van der Waals surface area contributed by atoms with E-state index < -0.39 is 22.0 Å². The lowest BCUT2D eigenvalue weighted by molar-refractivity contribution is -0.384. The van der Waals surface area contributed by atoms with E-state index in [9.17, 15) is 28.1 Å². The van der Waals surface area contributed by atoms with Gasteiger partial charge in [0.05, 0.1) is 21.9 Å². The molecular weight excluding hydrogens is 419 g/mol. The number of anilines is 2. The van der Waals surface area contributed by atoms with Gasteiger partial charge in [0.2, 0.25) is 0 Å². The fourth-order valence-electron chi connectivity index (χ4n) is 2.39. The first-order chi connectivity index (χ1) is 13.2. The number of thiazole rings is 1. The first kappa shape index (κ1) is 19.8. The number of carbonyl (C=O) groups excluding carboxylic acids is 1. The summed E-state index contributed by atoms with van der Waals surface area (Å²) in [4.78, 5) is 27.3. The average molecular weight is 428 g/mol. The molecule has 0 bridgehead atoms. The number of nitro benzene ring substituents is 1. The van der Waals surface area contributed by atoms with Crippen molar-refractivity contribution in [1.29, 1.82) is 0 Å². The maximum Gasteiger partial charge on any atom is 0.416 e. The highest BCUT2D eigenvalue weighted by atomic mass is 35.5. The molecule has 0 spiro atoms. The van der Waals surface area contributed by atoms with Gasteiger partial charge in [-0.3, -0.25) is 14.9 Å². The van der Waals surface area contributed by atoms with Gasteiger partial charge in [-0.1, -0.05) is 18.2 Å². The number of amides is 1. The predicted molar refractivity (Wildman–Crippen MR) is 99.0 cm³/mol. The van der Waals surface area contributed by atoms with Crippen molar-refractivity contribution >= 4 is 44.8 Å². The molecule has 0 atom stereocenters. The van der Waals surface area contributed by atoms with E-state index in [0.717, 1.165) is 34.4 Å². The van der Waals surface area contributed by atoms with Gasteiger partial charge >= 0.3 is 11.5 Å². The van der Waals surface area contributed by atoms with Gasteiger partial charge in [-0.25, -0.2) is 9.88 Å². The van der Waals surface area contributed by atoms with E-state index in [4.69, 9.17) is 11.6 Å². The van der Waals surface area contributed by atoms with Crippen molar-refractivity contribution in [1.82, 2.24) is 4.98 Å². The Kier molecular flexibility index (Phi) is 5.34. The molecule has 2 aromatic carbocycles. The van der Waals surface area contributed by atoms with Crippen molar-refractivity contribution < 1.29 is 22.9 Å². The molecule has 1 amide bonds. The number of hydrogen-bond donors (Lipinski definition) is 0. The molecule has 6 nitrogen and oxygen atoms in total. The van der Waals surface area contributed by atoms with Gasteiger partial charge < -0.3 is 0 Å². The van der Waals surface area contributed by atoms with E-state index in [0.29, 0.717) is 11.3 Å². The van der Waals surface area contributed by atoms with Crippen LogP contribution in [0.4, 0.5) is 34.5 Å². The van der Waals surface area contributed by atoms with E-state index >= 15 is 0 Å². The first-order valence-corrected chi connectivity index (χ1v) is 8.80. The largest absolute Gasteiger partial charge is 0.416 e. The van der Waals surface area contributed by atoms with Crippen LogP contribution in [0.25, 0.3) is 11.3 Å². The van der Waals surface area contributed by atoms with Crippen molar-refractivity contribution in [3.8, 4) is 11.3 Å². The summed E-state index contributed by atoms with van der Waals surface area (Å²) in [6.07, 6.45) is -4.59. The first-order valence-electron chi connectivity index (χ1n) is 7.54. The number of carbonyl (C=O) groups is 1. The Labute approximate surface area is 165 Å². The molecule has 0 saturated carbocycles. The van der Waals surface area contributed by atoms with Gasteiger partial charge in [0, 0.05) is 23.1 Å². The van der Waals surface area contributed by atoms with Crippen LogP contribution in [0, 0.1) is 10.1 Å². The van der Waals surface area contributed by atoms with E-state index in [1.54, 1.807) is 6.07 Å². The van der Waals surface area contributed by atoms with E-state index in [-0.39, 0.29) is 16.5 Å². The topological polar surface area (TPSA) is 76.3 Å². The maximum absolute atomic E-state index is 13.0. The van der Waals surface area contributed by atoms with Gasteiger partial charge in [0.1, 0.15) is 0 Å². The third kappa shape index (κ3) is 4.12. The Morgan fingerprint density at radius 2 is 1.89 bits per heavy atom. The van der Waals surface area contributed by atoms with Crippen LogP contribution in [-0.4, -0.2) is 15.3 Å².